The van der Waals surface area contributed by atoms with Crippen molar-refractivity contribution in [3.05, 3.63) is 16.9 Å². The van der Waals surface area contributed by atoms with E-state index in [0.717, 1.165) is 18.0 Å². The number of hydrogen-bond donors (Lipinski definition) is 1. The highest BCUT2D eigenvalue weighted by atomic mass is 35.5. The Morgan fingerprint density at radius 3 is 2.92 bits per heavy atom. The van der Waals surface area contributed by atoms with Crippen molar-refractivity contribution < 1.29 is 0 Å². The zero-order chi connectivity index (χ0) is 9.42. The Balaban J connectivity index is 2.12. The van der Waals surface area contributed by atoms with Crippen molar-refractivity contribution >= 4 is 11.6 Å². The van der Waals surface area contributed by atoms with Gasteiger partial charge in [-0.25, -0.2) is 0 Å². The summed E-state index contributed by atoms with van der Waals surface area (Å²) in [5.74, 6) is 0.820. The molecule has 2 rings (SSSR count). The topological polar surface area (TPSA) is 43.8 Å². The molecular weight excluding hydrogens is 186 g/mol. The van der Waals surface area contributed by atoms with Gasteiger partial charge in [0.05, 0.1) is 16.9 Å². The van der Waals surface area contributed by atoms with Crippen LogP contribution in [0.1, 0.15) is 31.0 Å². The van der Waals surface area contributed by atoms with E-state index in [1.165, 1.54) is 12.8 Å². The second kappa shape index (κ2) is 3.31. The maximum atomic E-state index is 6.04. The molecule has 4 heteroatoms. The van der Waals surface area contributed by atoms with Crippen LogP contribution in [0.2, 0.25) is 5.02 Å². The van der Waals surface area contributed by atoms with Crippen LogP contribution in [0.5, 0.6) is 0 Å². The van der Waals surface area contributed by atoms with Crippen molar-refractivity contribution in [3.63, 3.8) is 0 Å². The Morgan fingerprint density at radius 2 is 2.46 bits per heavy atom. The smallest absolute Gasteiger partial charge is 0.0833 e. The van der Waals surface area contributed by atoms with E-state index < -0.39 is 0 Å². The Bertz CT molecular complexity index is 284. The minimum absolute atomic E-state index is 0.0486. The van der Waals surface area contributed by atoms with E-state index in [9.17, 15) is 0 Å². The maximum absolute atomic E-state index is 6.04. The molecular formula is C9H14ClN3. The van der Waals surface area contributed by atoms with Gasteiger partial charge >= 0.3 is 0 Å². The summed E-state index contributed by atoms with van der Waals surface area (Å²) in [6, 6.07) is 0.0486. The molecule has 1 aliphatic carbocycles. The molecule has 2 N–H and O–H groups in total. The van der Waals surface area contributed by atoms with Crippen LogP contribution in [0.25, 0.3) is 0 Å². The first kappa shape index (κ1) is 9.03. The number of hydrogen-bond acceptors (Lipinski definition) is 2. The van der Waals surface area contributed by atoms with E-state index >= 15 is 0 Å². The molecule has 0 saturated heterocycles. The first-order valence-corrected chi connectivity index (χ1v) is 4.99. The van der Waals surface area contributed by atoms with Crippen molar-refractivity contribution in [2.45, 2.75) is 25.3 Å². The van der Waals surface area contributed by atoms with Gasteiger partial charge in [0.1, 0.15) is 0 Å². The van der Waals surface area contributed by atoms with Gasteiger partial charge in [0.15, 0.2) is 0 Å². The lowest BCUT2D eigenvalue weighted by Gasteiger charge is -2.11. The molecule has 1 aromatic heterocycles. The lowest BCUT2D eigenvalue weighted by atomic mass is 10.1. The average molecular weight is 200 g/mol. The molecule has 0 spiro atoms. The van der Waals surface area contributed by atoms with Crippen molar-refractivity contribution in [1.82, 2.24) is 9.78 Å². The quantitative estimate of drug-likeness (QED) is 0.808. The van der Waals surface area contributed by atoms with Crippen LogP contribution in [-0.4, -0.2) is 9.78 Å². The molecule has 0 amide bonds. The summed E-state index contributed by atoms with van der Waals surface area (Å²) in [4.78, 5) is 0. The molecule has 0 radical (unpaired) electrons. The lowest BCUT2D eigenvalue weighted by molar-refractivity contribution is 0.548. The number of nitrogens with two attached hydrogens (primary N) is 1. The molecule has 1 saturated carbocycles. The van der Waals surface area contributed by atoms with Crippen LogP contribution in [0.4, 0.5) is 0 Å². The van der Waals surface area contributed by atoms with Crippen LogP contribution in [0, 0.1) is 5.92 Å². The van der Waals surface area contributed by atoms with E-state index in [2.05, 4.69) is 5.10 Å². The fraction of sp³-hybridized carbons (Fsp3) is 0.667. The molecule has 1 aromatic rings. The largest absolute Gasteiger partial charge is 0.323 e. The van der Waals surface area contributed by atoms with Gasteiger partial charge in [0.25, 0.3) is 0 Å². The molecule has 0 bridgehead atoms. The SMILES string of the molecule is Cn1ncc(Cl)c1C(N)CC1CC1. The Kier molecular flexibility index (Phi) is 2.30. The first-order chi connectivity index (χ1) is 6.18. The molecule has 1 fully saturated rings. The van der Waals surface area contributed by atoms with E-state index in [0.29, 0.717) is 5.02 Å². The zero-order valence-corrected chi connectivity index (χ0v) is 8.46. The van der Waals surface area contributed by atoms with Crippen LogP contribution in [-0.2, 0) is 7.05 Å². The molecule has 1 heterocycles. The fourth-order valence-electron chi connectivity index (χ4n) is 1.66. The van der Waals surface area contributed by atoms with Crippen molar-refractivity contribution in [2.75, 3.05) is 0 Å². The highest BCUT2D eigenvalue weighted by Gasteiger charge is 2.26. The number of aromatic nitrogens is 2. The maximum Gasteiger partial charge on any atom is 0.0833 e. The van der Waals surface area contributed by atoms with E-state index in [1.807, 2.05) is 7.05 Å². The molecule has 0 aliphatic heterocycles. The molecule has 0 aromatic carbocycles. The highest BCUT2D eigenvalue weighted by Crippen LogP contribution is 2.37. The third-order valence-electron chi connectivity index (χ3n) is 2.57. The highest BCUT2D eigenvalue weighted by molar-refractivity contribution is 6.31. The molecule has 72 valence electrons. The Morgan fingerprint density at radius 1 is 1.77 bits per heavy atom. The number of nitrogens with zero attached hydrogens (tertiary/aromatic N) is 2. The van der Waals surface area contributed by atoms with E-state index in [-0.39, 0.29) is 6.04 Å². The van der Waals surface area contributed by atoms with Gasteiger partial charge in [-0.1, -0.05) is 24.4 Å². The van der Waals surface area contributed by atoms with Gasteiger partial charge in [-0.3, -0.25) is 4.68 Å². The summed E-state index contributed by atoms with van der Waals surface area (Å²) < 4.78 is 1.77. The minimum Gasteiger partial charge on any atom is -0.323 e. The summed E-state index contributed by atoms with van der Waals surface area (Å²) in [7, 11) is 1.88. The molecule has 1 atom stereocenters. The van der Waals surface area contributed by atoms with Gasteiger partial charge in [-0.15, -0.1) is 0 Å². The minimum atomic E-state index is 0.0486. The second-order valence-corrected chi connectivity index (χ2v) is 4.19. The van der Waals surface area contributed by atoms with Gasteiger partial charge in [-0.2, -0.15) is 5.10 Å². The van der Waals surface area contributed by atoms with E-state index in [4.69, 9.17) is 17.3 Å². The Hall–Kier alpha value is -0.540. The van der Waals surface area contributed by atoms with Gasteiger partial charge < -0.3 is 5.73 Å². The Labute approximate surface area is 82.9 Å². The van der Waals surface area contributed by atoms with Crippen LogP contribution in [0.15, 0.2) is 6.20 Å². The van der Waals surface area contributed by atoms with Gasteiger partial charge in [0.2, 0.25) is 0 Å². The first-order valence-electron chi connectivity index (χ1n) is 4.61. The standard InChI is InChI=1S/C9H14ClN3/c1-13-9(7(10)5-12-13)8(11)4-6-2-3-6/h5-6,8H,2-4,11H2,1H3. The van der Waals surface area contributed by atoms with Crippen LogP contribution >= 0.6 is 11.6 Å². The van der Waals surface area contributed by atoms with Gasteiger partial charge in [-0.05, 0) is 12.3 Å². The summed E-state index contributed by atoms with van der Waals surface area (Å²) in [5, 5.41) is 4.76. The molecule has 1 aliphatic rings. The van der Waals surface area contributed by atoms with Gasteiger partial charge in [0, 0.05) is 13.1 Å². The summed E-state index contributed by atoms with van der Waals surface area (Å²) in [6.45, 7) is 0. The zero-order valence-electron chi connectivity index (χ0n) is 7.70. The van der Waals surface area contributed by atoms with Crippen molar-refractivity contribution in [2.24, 2.45) is 18.7 Å². The molecule has 1 unspecified atom stereocenters. The second-order valence-electron chi connectivity index (χ2n) is 3.79. The predicted molar refractivity (Wildman–Crippen MR) is 52.5 cm³/mol. The monoisotopic (exact) mass is 199 g/mol. The van der Waals surface area contributed by atoms with Crippen LogP contribution < -0.4 is 5.73 Å². The fourth-order valence-corrected chi connectivity index (χ4v) is 1.97. The number of aryl methyl sites for hydroxylation is 1. The van der Waals surface area contributed by atoms with E-state index in [1.54, 1.807) is 10.9 Å². The third kappa shape index (κ3) is 1.86. The number of rotatable bonds is 3. The summed E-state index contributed by atoms with van der Waals surface area (Å²) in [6.07, 6.45) is 5.34. The lowest BCUT2D eigenvalue weighted by Crippen LogP contribution is -2.15. The normalized spacial score (nSPS) is 19.0. The third-order valence-corrected chi connectivity index (χ3v) is 2.86. The predicted octanol–water partition coefficient (Wildman–Crippen LogP) is 1.87. The van der Waals surface area contributed by atoms with Crippen molar-refractivity contribution in [1.29, 1.82) is 0 Å². The van der Waals surface area contributed by atoms with Crippen LogP contribution in [0.3, 0.4) is 0 Å². The average Bonchev–Trinajstić information content (AvgIpc) is 2.79. The summed E-state index contributed by atoms with van der Waals surface area (Å²) >= 11 is 5.98. The number of halogens is 1. The molecule has 3 nitrogen and oxygen atoms in total. The molecule has 13 heavy (non-hydrogen) atoms. The summed E-state index contributed by atoms with van der Waals surface area (Å²) in [5.41, 5.74) is 7.00. The van der Waals surface area contributed by atoms with Crippen molar-refractivity contribution in [3.8, 4) is 0 Å².